The number of carbonyl (C=O) groups is 1. The predicted molar refractivity (Wildman–Crippen MR) is 126 cm³/mol. The van der Waals surface area contributed by atoms with Gasteiger partial charge in [-0.25, -0.2) is 4.39 Å². The molecule has 5 heteroatoms. The molecule has 0 aromatic heterocycles. The van der Waals surface area contributed by atoms with Crippen molar-refractivity contribution < 1.29 is 19.0 Å². The molecule has 2 aromatic rings. The molecule has 1 amide bonds. The molecule has 1 aliphatic carbocycles. The van der Waals surface area contributed by atoms with Crippen LogP contribution in [0.2, 0.25) is 0 Å². The number of terminal acetylenes is 1. The Kier molecular flexibility index (Phi) is 9.28. The van der Waals surface area contributed by atoms with Crippen molar-refractivity contribution in [2.24, 2.45) is 5.92 Å². The Balaban J connectivity index is 0.000000255. The van der Waals surface area contributed by atoms with Gasteiger partial charge in [-0.15, -0.1) is 12.8 Å². The first-order valence-corrected chi connectivity index (χ1v) is 11.1. The van der Waals surface area contributed by atoms with E-state index in [9.17, 15) is 14.3 Å². The van der Waals surface area contributed by atoms with Gasteiger partial charge in [-0.1, -0.05) is 55.7 Å². The SMILES string of the molecule is C#C.CC(C)(O)C1CCCCC1.CN1Cc2ccc(OCc3ccccc3)c(F)c2C1=O. The van der Waals surface area contributed by atoms with Crippen LogP contribution in [0.25, 0.3) is 0 Å². The third-order valence-corrected chi connectivity index (χ3v) is 6.00. The number of carbonyl (C=O) groups excluding carboxylic acids is 1. The van der Waals surface area contributed by atoms with Crippen LogP contribution in [-0.2, 0) is 13.2 Å². The summed E-state index contributed by atoms with van der Waals surface area (Å²) in [6.07, 6.45) is 14.4. The van der Waals surface area contributed by atoms with Gasteiger partial charge >= 0.3 is 0 Å². The highest BCUT2D eigenvalue weighted by atomic mass is 19.1. The van der Waals surface area contributed by atoms with Crippen molar-refractivity contribution in [3.05, 3.63) is 65.0 Å². The minimum absolute atomic E-state index is 0.122. The lowest BCUT2D eigenvalue weighted by Crippen LogP contribution is -2.32. The van der Waals surface area contributed by atoms with E-state index in [4.69, 9.17) is 4.74 Å². The Morgan fingerprint density at radius 3 is 2.28 bits per heavy atom. The van der Waals surface area contributed by atoms with Crippen molar-refractivity contribution >= 4 is 5.91 Å². The minimum Gasteiger partial charge on any atom is -0.486 e. The number of nitrogens with zero attached hydrogens (tertiary/aromatic N) is 1. The van der Waals surface area contributed by atoms with E-state index in [1.54, 1.807) is 19.2 Å². The highest BCUT2D eigenvalue weighted by Crippen LogP contribution is 2.32. The van der Waals surface area contributed by atoms with E-state index in [2.05, 4.69) is 12.8 Å². The molecule has 0 bridgehead atoms. The Morgan fingerprint density at radius 2 is 1.72 bits per heavy atom. The molecule has 1 aliphatic heterocycles. The minimum atomic E-state index is -0.562. The third kappa shape index (κ3) is 6.58. The lowest BCUT2D eigenvalue weighted by molar-refractivity contribution is 0.000830. The van der Waals surface area contributed by atoms with Crippen molar-refractivity contribution in [3.63, 3.8) is 0 Å². The van der Waals surface area contributed by atoms with E-state index in [0.717, 1.165) is 5.56 Å². The summed E-state index contributed by atoms with van der Waals surface area (Å²) in [5.74, 6) is -0.173. The molecule has 4 rings (SSSR count). The first-order chi connectivity index (χ1) is 15.3. The number of ether oxygens (including phenoxy) is 1. The quantitative estimate of drug-likeness (QED) is 0.633. The van der Waals surface area contributed by atoms with Crippen LogP contribution in [0.3, 0.4) is 0 Å². The van der Waals surface area contributed by atoms with Crippen LogP contribution in [0.15, 0.2) is 42.5 Å². The highest BCUT2D eigenvalue weighted by molar-refractivity contribution is 5.98. The normalized spacial score (nSPS) is 15.7. The lowest BCUT2D eigenvalue weighted by atomic mass is 9.79. The maximum absolute atomic E-state index is 14.3. The number of benzene rings is 2. The summed E-state index contributed by atoms with van der Waals surface area (Å²) < 4.78 is 19.8. The Morgan fingerprint density at radius 1 is 1.09 bits per heavy atom. The Hall–Kier alpha value is -2.84. The van der Waals surface area contributed by atoms with Crippen molar-refractivity contribution in [2.75, 3.05) is 7.05 Å². The lowest BCUT2D eigenvalue weighted by Gasteiger charge is -2.32. The van der Waals surface area contributed by atoms with Gasteiger partial charge in [0, 0.05) is 13.6 Å². The number of hydrogen-bond donors (Lipinski definition) is 1. The van der Waals surface area contributed by atoms with Crippen LogP contribution in [-0.4, -0.2) is 28.6 Å². The Bertz CT molecular complexity index is 896. The van der Waals surface area contributed by atoms with Crippen LogP contribution in [0.1, 0.15) is 67.4 Å². The molecular weight excluding hydrogens is 405 g/mol. The van der Waals surface area contributed by atoms with Crippen LogP contribution >= 0.6 is 0 Å². The number of halogens is 1. The molecule has 0 unspecified atom stereocenters. The second-order valence-electron chi connectivity index (χ2n) is 8.84. The molecule has 0 radical (unpaired) electrons. The van der Waals surface area contributed by atoms with Crippen molar-refractivity contribution in [2.45, 2.75) is 64.7 Å². The van der Waals surface area contributed by atoms with E-state index in [1.165, 1.54) is 37.0 Å². The van der Waals surface area contributed by atoms with Crippen molar-refractivity contribution in [1.29, 1.82) is 0 Å². The van der Waals surface area contributed by atoms with Gasteiger partial charge in [0.2, 0.25) is 0 Å². The van der Waals surface area contributed by atoms with Gasteiger partial charge in [0.1, 0.15) is 6.61 Å². The van der Waals surface area contributed by atoms with Crippen LogP contribution in [0.5, 0.6) is 5.75 Å². The van der Waals surface area contributed by atoms with Crippen LogP contribution in [0, 0.1) is 24.6 Å². The number of amides is 1. The zero-order valence-electron chi connectivity index (χ0n) is 19.3. The monoisotopic (exact) mass is 439 g/mol. The molecule has 4 nitrogen and oxygen atoms in total. The summed E-state index contributed by atoms with van der Waals surface area (Å²) in [5.41, 5.74) is 1.37. The molecule has 1 heterocycles. The summed E-state index contributed by atoms with van der Waals surface area (Å²) >= 11 is 0. The Labute approximate surface area is 191 Å². The topological polar surface area (TPSA) is 49.8 Å². The first-order valence-electron chi connectivity index (χ1n) is 11.1. The average Bonchev–Trinajstić information content (AvgIpc) is 3.10. The highest BCUT2D eigenvalue weighted by Gasteiger charge is 2.30. The van der Waals surface area contributed by atoms with Gasteiger partial charge in [-0.05, 0) is 49.8 Å². The molecule has 1 N–H and O–H groups in total. The fraction of sp³-hybridized carbons (Fsp3) is 0.444. The van der Waals surface area contributed by atoms with E-state index < -0.39 is 11.4 Å². The summed E-state index contributed by atoms with van der Waals surface area (Å²) in [7, 11) is 1.66. The zero-order chi connectivity index (χ0) is 23.7. The molecule has 2 aromatic carbocycles. The number of rotatable bonds is 4. The molecule has 172 valence electrons. The van der Waals surface area contributed by atoms with E-state index >= 15 is 0 Å². The summed E-state index contributed by atoms with van der Waals surface area (Å²) in [5, 5.41) is 9.64. The smallest absolute Gasteiger partial charge is 0.257 e. The van der Waals surface area contributed by atoms with Crippen LogP contribution < -0.4 is 4.74 Å². The molecule has 1 saturated carbocycles. The van der Waals surface area contributed by atoms with Gasteiger partial charge < -0.3 is 14.7 Å². The fourth-order valence-electron chi connectivity index (χ4n) is 4.13. The number of aliphatic hydroxyl groups is 1. The largest absolute Gasteiger partial charge is 0.486 e. The summed E-state index contributed by atoms with van der Waals surface area (Å²) in [4.78, 5) is 13.4. The number of fused-ring (bicyclic) bond motifs is 1. The standard InChI is InChI=1S/C16H14FNO2.C9H18O.C2H2/c1-18-9-12-7-8-13(15(17)14(12)16(18)19)20-10-11-5-3-2-4-6-11;1-9(2,10)8-6-4-3-5-7-8;1-2/h2-8H,9-10H2,1H3;8,10H,3-7H2,1-2H3;1-2H. The molecule has 0 saturated heterocycles. The third-order valence-electron chi connectivity index (χ3n) is 6.00. The maximum atomic E-state index is 14.3. The second-order valence-corrected chi connectivity index (χ2v) is 8.84. The van der Waals surface area contributed by atoms with E-state index in [1.807, 2.05) is 44.2 Å². The molecular formula is C27H34FNO3. The van der Waals surface area contributed by atoms with Crippen molar-refractivity contribution in [1.82, 2.24) is 4.90 Å². The molecule has 1 fully saturated rings. The molecule has 0 atom stereocenters. The van der Waals surface area contributed by atoms with Gasteiger partial charge in [0.25, 0.3) is 5.91 Å². The maximum Gasteiger partial charge on any atom is 0.257 e. The molecule has 2 aliphatic rings. The zero-order valence-corrected chi connectivity index (χ0v) is 19.3. The van der Waals surface area contributed by atoms with Gasteiger partial charge in [0.05, 0.1) is 11.2 Å². The first kappa shape index (κ1) is 25.4. The van der Waals surface area contributed by atoms with E-state index in [-0.39, 0.29) is 23.8 Å². The van der Waals surface area contributed by atoms with Crippen LogP contribution in [0.4, 0.5) is 4.39 Å². The molecule has 0 spiro atoms. The fourth-order valence-corrected chi connectivity index (χ4v) is 4.13. The predicted octanol–water partition coefficient (Wildman–Crippen LogP) is 5.58. The average molecular weight is 440 g/mol. The second kappa shape index (κ2) is 11.7. The van der Waals surface area contributed by atoms with Gasteiger partial charge in [-0.3, -0.25) is 4.79 Å². The molecule has 32 heavy (non-hydrogen) atoms. The summed E-state index contributed by atoms with van der Waals surface area (Å²) in [6, 6.07) is 12.9. The van der Waals surface area contributed by atoms with Gasteiger partial charge in [0.15, 0.2) is 11.6 Å². The van der Waals surface area contributed by atoms with Crippen molar-refractivity contribution in [3.8, 4) is 18.6 Å². The summed E-state index contributed by atoms with van der Waals surface area (Å²) in [6.45, 7) is 4.59. The van der Waals surface area contributed by atoms with Gasteiger partial charge in [-0.2, -0.15) is 0 Å². The van der Waals surface area contributed by atoms with E-state index in [0.29, 0.717) is 18.0 Å². The number of hydrogen-bond acceptors (Lipinski definition) is 3.